The molecule has 0 N–H and O–H groups in total. The average molecular weight is 1450 g/mol. The molecule has 0 unspecified atom stereocenters. The van der Waals surface area contributed by atoms with Crippen LogP contribution in [0.5, 0.6) is 0 Å². The Morgan fingerprint density at radius 3 is 0.396 bits per heavy atom. The van der Waals surface area contributed by atoms with E-state index in [4.69, 9.17) is 0 Å². The molecule has 0 aromatic carbocycles. The van der Waals surface area contributed by atoms with E-state index in [1.807, 2.05) is 0 Å². The van der Waals surface area contributed by atoms with Gasteiger partial charge in [-0.1, -0.05) is 317 Å². The Morgan fingerprint density at radius 1 is 0.168 bits per heavy atom. The van der Waals surface area contributed by atoms with E-state index in [9.17, 15) is 49.5 Å². The monoisotopic (exact) mass is 1450 g/mol. The maximum absolute atomic E-state index is 10.2. The average Bonchev–Trinajstić information content (AvgIpc) is 3.67. The first-order valence-corrected chi connectivity index (χ1v) is 41.3. The van der Waals surface area contributed by atoms with Crippen LogP contribution in [0, 0.1) is 0 Å². The Morgan fingerprint density at radius 2 is 0.277 bits per heavy atom. The third-order valence-electron chi connectivity index (χ3n) is 16.7. The Balaban J connectivity index is -0.000000279. The second-order valence-corrected chi connectivity index (χ2v) is 26.8. The topological polar surface area (TPSA) is 201 Å². The summed E-state index contributed by atoms with van der Waals surface area (Å²) in [6.07, 6.45) is 110. The normalized spacial score (nSPS) is 11.5. The van der Waals surface area contributed by atoms with Crippen molar-refractivity contribution in [3.8, 4) is 0 Å². The minimum Gasteiger partial charge on any atom is -0.550 e. The van der Waals surface area contributed by atoms with Crippen LogP contribution in [0.3, 0.4) is 0 Å². The molecular formula is C90H155O10V. The molecule has 0 rings (SSSR count). The molecule has 0 spiro atoms. The number of carboxylic acids is 5. The van der Waals surface area contributed by atoms with Gasteiger partial charge in [-0.2, -0.15) is 0 Å². The minimum absolute atomic E-state index is 0. The van der Waals surface area contributed by atoms with Crippen LogP contribution in [0.15, 0.2) is 122 Å². The van der Waals surface area contributed by atoms with Crippen molar-refractivity contribution in [3.63, 3.8) is 0 Å². The molecule has 0 saturated carbocycles. The van der Waals surface area contributed by atoms with Crippen LogP contribution >= 0.6 is 0 Å². The maximum atomic E-state index is 10.2. The predicted octanol–water partition coefficient (Wildman–Crippen LogP) is 22.7. The first-order chi connectivity index (χ1) is 48.9. The van der Waals surface area contributed by atoms with Gasteiger partial charge in [0.15, 0.2) is 0 Å². The van der Waals surface area contributed by atoms with Gasteiger partial charge in [-0.25, -0.2) is 0 Å². The van der Waals surface area contributed by atoms with E-state index >= 15 is 0 Å². The van der Waals surface area contributed by atoms with Gasteiger partial charge in [-0.05, 0) is 225 Å². The van der Waals surface area contributed by atoms with Crippen molar-refractivity contribution in [2.75, 3.05) is 0 Å². The Bertz CT molecular complexity index is 1670. The second kappa shape index (κ2) is 104. The first kappa shape index (κ1) is 107. The van der Waals surface area contributed by atoms with Crippen LogP contribution in [0.2, 0.25) is 0 Å². The predicted molar refractivity (Wildman–Crippen MR) is 422 cm³/mol. The molecule has 11 heteroatoms. The van der Waals surface area contributed by atoms with Crippen molar-refractivity contribution in [2.24, 2.45) is 0 Å². The van der Waals surface area contributed by atoms with Crippen LogP contribution in [0.4, 0.5) is 0 Å². The summed E-state index contributed by atoms with van der Waals surface area (Å²) < 4.78 is 0. The third kappa shape index (κ3) is 129. The summed E-state index contributed by atoms with van der Waals surface area (Å²) >= 11 is 0. The molecule has 0 heterocycles. The zero-order valence-electron chi connectivity index (χ0n) is 66.0. The number of rotatable bonds is 70. The van der Waals surface area contributed by atoms with E-state index in [-0.39, 0.29) is 50.7 Å². The molecule has 0 aromatic heterocycles. The number of hydrogen-bond acceptors (Lipinski definition) is 10. The quantitative estimate of drug-likeness (QED) is 0.0417. The molecule has 0 saturated heterocycles. The van der Waals surface area contributed by atoms with E-state index in [0.717, 1.165) is 161 Å². The number of carbonyl (C=O) groups excluding carboxylic acids is 5. The molecule has 10 nitrogen and oxygen atoms in total. The van der Waals surface area contributed by atoms with Gasteiger partial charge in [0.25, 0.3) is 0 Å². The van der Waals surface area contributed by atoms with Crippen molar-refractivity contribution in [3.05, 3.63) is 122 Å². The van der Waals surface area contributed by atoms with E-state index in [1.54, 1.807) is 0 Å². The van der Waals surface area contributed by atoms with E-state index in [1.165, 1.54) is 193 Å². The summed E-state index contributed by atoms with van der Waals surface area (Å²) in [5, 5.41) is 51.0. The van der Waals surface area contributed by atoms with Gasteiger partial charge in [0, 0.05) is 29.8 Å². The van der Waals surface area contributed by atoms with Gasteiger partial charge in [0.1, 0.15) is 0 Å². The third-order valence-corrected chi connectivity index (χ3v) is 16.7. The number of unbranched alkanes of at least 4 members (excludes halogenated alkanes) is 40. The molecule has 0 radical (unpaired) electrons. The van der Waals surface area contributed by atoms with Gasteiger partial charge in [-0.15, -0.1) is 0 Å². The molecule has 0 aliphatic carbocycles. The van der Waals surface area contributed by atoms with Crippen LogP contribution in [-0.2, 0) is 42.5 Å². The van der Waals surface area contributed by atoms with Gasteiger partial charge in [0.05, 0.1) is 0 Å². The van der Waals surface area contributed by atoms with Crippen LogP contribution in [0.1, 0.15) is 420 Å². The number of carboxylic acid groups (broad SMARTS) is 5. The number of carbonyl (C=O) groups is 5. The van der Waals surface area contributed by atoms with Gasteiger partial charge < -0.3 is 49.5 Å². The molecular weight excluding hydrogens is 1290 g/mol. The second-order valence-electron chi connectivity index (χ2n) is 26.8. The van der Waals surface area contributed by atoms with Crippen molar-refractivity contribution >= 4 is 29.8 Å². The summed E-state index contributed by atoms with van der Waals surface area (Å²) in [4.78, 5) is 51.0. The van der Waals surface area contributed by atoms with Crippen molar-refractivity contribution in [2.45, 2.75) is 420 Å². The van der Waals surface area contributed by atoms with Crippen LogP contribution < -0.4 is 25.5 Å². The summed E-state index contributed by atoms with van der Waals surface area (Å²) in [6.45, 7) is 11.2. The molecule has 0 aliphatic heterocycles. The van der Waals surface area contributed by atoms with E-state index < -0.39 is 29.8 Å². The summed E-state index contributed by atoms with van der Waals surface area (Å²) in [7, 11) is 0. The summed E-state index contributed by atoms with van der Waals surface area (Å²) in [5.41, 5.74) is 0. The molecule has 101 heavy (non-hydrogen) atoms. The minimum atomic E-state index is -0.921. The Labute approximate surface area is 635 Å². The zero-order valence-corrected chi connectivity index (χ0v) is 67.4. The van der Waals surface area contributed by atoms with Crippen LogP contribution in [0.25, 0.3) is 0 Å². The number of hydrogen-bond donors (Lipinski definition) is 0. The first-order valence-electron chi connectivity index (χ1n) is 41.3. The maximum Gasteiger partial charge on any atom is 5.00 e. The molecule has 0 amide bonds. The van der Waals surface area contributed by atoms with E-state index in [0.29, 0.717) is 0 Å². The zero-order chi connectivity index (χ0) is 74.5. The van der Waals surface area contributed by atoms with E-state index in [2.05, 4.69) is 156 Å². The van der Waals surface area contributed by atoms with Crippen molar-refractivity contribution in [1.82, 2.24) is 0 Å². The fraction of sp³-hybridized carbons (Fsp3) is 0.722. The van der Waals surface area contributed by atoms with Crippen LogP contribution in [-0.4, -0.2) is 29.8 Å². The molecule has 0 aliphatic rings. The number of aliphatic carboxylic acids is 5. The standard InChI is InChI=1S/5C18H32O2.V/c5*1-2-3-4-5-6-7-8-9-10-11-12-13-14-15-16-17-18(19)20;/h5*6-7,9-10H,2-5,8,11-17H2,1H3,(H,19,20);/q;;;;;+5/p-5/b5*7-6-,10-9-;. The fourth-order valence-electron chi connectivity index (χ4n) is 10.4. The molecule has 0 bridgehead atoms. The molecule has 580 valence electrons. The molecule has 0 atom stereocenters. The fourth-order valence-corrected chi connectivity index (χ4v) is 10.4. The Kier molecular flexibility index (Phi) is 110. The van der Waals surface area contributed by atoms with Crippen molar-refractivity contribution in [1.29, 1.82) is 0 Å². The molecule has 0 aromatic rings. The largest absolute Gasteiger partial charge is 5.00 e. The van der Waals surface area contributed by atoms with Gasteiger partial charge in [-0.3, -0.25) is 0 Å². The summed E-state index contributed by atoms with van der Waals surface area (Å²) in [5.74, 6) is -4.60. The molecule has 0 fully saturated rings. The number of allylic oxidation sites excluding steroid dienone is 20. The smallest absolute Gasteiger partial charge is 0.550 e. The van der Waals surface area contributed by atoms with Gasteiger partial charge in [0.2, 0.25) is 0 Å². The van der Waals surface area contributed by atoms with Gasteiger partial charge >= 0.3 is 18.6 Å². The SMILES string of the molecule is CCCCC/C=C\C/C=C\CCCCCCCC(=O)[O-].CCCCC/C=C\C/C=C\CCCCCCCC(=O)[O-].CCCCC/C=C\C/C=C\CCCCCCCC(=O)[O-].CCCCC/C=C\C/C=C\CCCCCCCC(=O)[O-].CCCCC/C=C\C/C=C\CCCCCCCC(=O)[O-].[V+5]. The Hall–Kier alpha value is -4.67. The summed E-state index contributed by atoms with van der Waals surface area (Å²) in [6, 6.07) is 0. The van der Waals surface area contributed by atoms with Crippen molar-refractivity contribution < 1.29 is 68.1 Å².